The molecular weight excluding hydrogens is 709 g/mol. The number of anilines is 2. The molecule has 9 rings (SSSR count). The van der Waals surface area contributed by atoms with Crippen molar-refractivity contribution in [3.63, 3.8) is 0 Å². The third-order valence-electron chi connectivity index (χ3n) is 10.7. The van der Waals surface area contributed by atoms with E-state index >= 15 is 0 Å². The summed E-state index contributed by atoms with van der Waals surface area (Å²) in [6, 6.07) is 25.5. The van der Waals surface area contributed by atoms with E-state index in [0.717, 1.165) is 22.3 Å². The maximum Gasteiger partial charge on any atom is 0.328 e. The van der Waals surface area contributed by atoms with Crippen LogP contribution in [0.5, 0.6) is 0 Å². The number of methoxy groups -OCH3 is 2. The number of ether oxygens (including phenoxy) is 2. The molecule has 7 heterocycles. The molecular formula is C44H36N6O6. The van der Waals surface area contributed by atoms with Crippen molar-refractivity contribution in [2.24, 2.45) is 0 Å². The first-order valence-corrected chi connectivity index (χ1v) is 18.4. The van der Waals surface area contributed by atoms with Crippen molar-refractivity contribution in [1.29, 1.82) is 0 Å². The number of aromatic nitrogens is 4. The molecule has 12 heteroatoms. The third-order valence-corrected chi connectivity index (χ3v) is 10.7. The molecule has 0 aliphatic carbocycles. The van der Waals surface area contributed by atoms with E-state index in [9.17, 15) is 19.2 Å². The van der Waals surface area contributed by atoms with Gasteiger partial charge in [0.15, 0.2) is 0 Å². The van der Waals surface area contributed by atoms with E-state index in [-0.39, 0.29) is 24.7 Å². The summed E-state index contributed by atoms with van der Waals surface area (Å²) in [5.74, 6) is -1.45. The van der Waals surface area contributed by atoms with Crippen molar-refractivity contribution in [1.82, 2.24) is 19.9 Å². The van der Waals surface area contributed by atoms with Crippen LogP contribution in [0.4, 0.5) is 11.4 Å². The van der Waals surface area contributed by atoms with Gasteiger partial charge in [0.2, 0.25) is 11.8 Å². The van der Waals surface area contributed by atoms with E-state index < -0.39 is 24.0 Å². The van der Waals surface area contributed by atoms with Crippen molar-refractivity contribution in [3.05, 3.63) is 108 Å². The summed E-state index contributed by atoms with van der Waals surface area (Å²) in [4.78, 5) is 74.4. The Kier molecular flexibility index (Phi) is 8.65. The monoisotopic (exact) mass is 744 g/mol. The molecule has 2 fully saturated rings. The molecule has 3 aromatic heterocycles. The number of carbonyl (C=O) groups excluding carboxylic acids is 4. The number of nitrogens with one attached hydrogen (secondary N) is 2. The van der Waals surface area contributed by atoms with Crippen LogP contribution in [0.25, 0.3) is 68.6 Å². The van der Waals surface area contributed by atoms with Crippen LogP contribution in [0.2, 0.25) is 0 Å². The molecule has 2 saturated heterocycles. The van der Waals surface area contributed by atoms with E-state index in [2.05, 4.69) is 9.97 Å². The zero-order chi connectivity index (χ0) is 38.5. The van der Waals surface area contributed by atoms with E-state index in [4.69, 9.17) is 19.4 Å². The molecule has 278 valence electrons. The summed E-state index contributed by atoms with van der Waals surface area (Å²) in [5, 5.41) is 0. The Hall–Kier alpha value is -7.08. The molecule has 0 spiro atoms. The van der Waals surface area contributed by atoms with Crippen LogP contribution in [0.1, 0.15) is 48.5 Å². The third kappa shape index (κ3) is 5.77. The molecule has 2 amide bonds. The predicted molar refractivity (Wildman–Crippen MR) is 215 cm³/mol. The Bertz CT molecular complexity index is 2490. The van der Waals surface area contributed by atoms with Crippen LogP contribution >= 0.6 is 0 Å². The molecule has 0 saturated carbocycles. The van der Waals surface area contributed by atoms with Crippen molar-refractivity contribution in [3.8, 4) is 22.3 Å². The average Bonchev–Trinajstić information content (AvgIpc) is 4.09. The average molecular weight is 745 g/mol. The van der Waals surface area contributed by atoms with Gasteiger partial charge >= 0.3 is 11.9 Å². The normalized spacial score (nSPS) is 17.5. The van der Waals surface area contributed by atoms with Crippen LogP contribution in [0.3, 0.4) is 0 Å². The van der Waals surface area contributed by atoms with Gasteiger partial charge in [-0.05, 0) is 72.5 Å². The Labute approximate surface area is 321 Å². The van der Waals surface area contributed by atoms with Gasteiger partial charge in [-0.1, -0.05) is 60.7 Å². The highest BCUT2D eigenvalue weighted by molar-refractivity contribution is 6.10. The van der Waals surface area contributed by atoms with Gasteiger partial charge in [0.05, 0.1) is 59.4 Å². The number of esters is 2. The van der Waals surface area contributed by atoms with Gasteiger partial charge in [-0.25, -0.2) is 19.6 Å². The molecule has 5 aromatic rings. The molecule has 2 atom stereocenters. The molecule has 4 aliphatic rings. The van der Waals surface area contributed by atoms with E-state index in [1.54, 1.807) is 0 Å². The minimum absolute atomic E-state index is 0.174. The minimum Gasteiger partial charge on any atom is -0.467 e. The number of carbonyl (C=O) groups is 4. The van der Waals surface area contributed by atoms with Crippen molar-refractivity contribution < 1.29 is 28.7 Å². The summed E-state index contributed by atoms with van der Waals surface area (Å²) >= 11 is 0. The fourth-order valence-electron chi connectivity index (χ4n) is 8.15. The van der Waals surface area contributed by atoms with Crippen molar-refractivity contribution in [2.75, 3.05) is 24.0 Å². The second-order valence-corrected chi connectivity index (χ2v) is 13.9. The second-order valence-electron chi connectivity index (χ2n) is 13.9. The molecule has 0 radical (unpaired) electrons. The fourth-order valence-corrected chi connectivity index (χ4v) is 8.15. The number of hydrogen-bond donors (Lipinski definition) is 2. The second kappa shape index (κ2) is 14.0. The first-order chi connectivity index (χ1) is 27.3. The number of fused-ring (bicyclic) bond motifs is 8. The summed E-state index contributed by atoms with van der Waals surface area (Å²) < 4.78 is 10.4. The molecule has 2 N–H and O–H groups in total. The number of benzene rings is 2. The Balaban J connectivity index is 1.45. The van der Waals surface area contributed by atoms with Crippen LogP contribution in [-0.4, -0.2) is 70.0 Å². The quantitative estimate of drug-likeness (QED) is 0.168. The summed E-state index contributed by atoms with van der Waals surface area (Å²) in [5.41, 5.74) is 8.84. The largest absolute Gasteiger partial charge is 0.467 e. The number of nitrogens with zero attached hydrogens (tertiary/aromatic N) is 4. The first kappa shape index (κ1) is 34.7. The molecule has 12 nitrogen and oxygen atoms in total. The van der Waals surface area contributed by atoms with Crippen molar-refractivity contribution >= 4 is 81.5 Å². The highest BCUT2D eigenvalue weighted by atomic mass is 16.5. The van der Waals surface area contributed by atoms with Gasteiger partial charge in [-0.3, -0.25) is 19.4 Å². The van der Waals surface area contributed by atoms with Gasteiger partial charge in [0, 0.05) is 35.0 Å². The lowest BCUT2D eigenvalue weighted by Crippen LogP contribution is -2.39. The molecule has 0 unspecified atom stereocenters. The predicted octanol–water partition coefficient (Wildman–Crippen LogP) is 7.33. The van der Waals surface area contributed by atoms with Gasteiger partial charge in [-0.2, -0.15) is 0 Å². The highest BCUT2D eigenvalue weighted by Crippen LogP contribution is 2.41. The van der Waals surface area contributed by atoms with Crippen LogP contribution in [0, 0.1) is 0 Å². The Morgan fingerprint density at radius 2 is 0.929 bits per heavy atom. The van der Waals surface area contributed by atoms with E-state index in [1.165, 1.54) is 24.0 Å². The Morgan fingerprint density at radius 1 is 0.554 bits per heavy atom. The first-order valence-electron chi connectivity index (χ1n) is 18.4. The summed E-state index contributed by atoms with van der Waals surface area (Å²) in [6.07, 6.45) is 8.44. The van der Waals surface area contributed by atoms with Crippen LogP contribution in [0.15, 0.2) is 84.9 Å². The molecule has 4 aliphatic heterocycles. The van der Waals surface area contributed by atoms with Crippen LogP contribution in [-0.2, 0) is 28.7 Å². The summed E-state index contributed by atoms with van der Waals surface area (Å²) in [7, 11) is 2.65. The fraction of sp³-hybridized carbons (Fsp3) is 0.182. The number of rotatable bonds is 6. The van der Waals surface area contributed by atoms with Crippen LogP contribution < -0.4 is 9.80 Å². The topological polar surface area (TPSA) is 151 Å². The molecule has 8 bridgehead atoms. The maximum absolute atomic E-state index is 13.8. The summed E-state index contributed by atoms with van der Waals surface area (Å²) in [6.45, 7) is 0. The number of H-pyrrole nitrogens is 2. The van der Waals surface area contributed by atoms with Crippen molar-refractivity contribution in [2.45, 2.75) is 37.8 Å². The SMILES string of the molecule is COC(=O)[C@@H]1CCC(=O)N1c1c2nc(c(-c3ccccc3)c3ccc([nH]3)c(N3C(=O)CC[C@H]3C(=O)OC)c3nc(c(-c4ccccc4)c4ccc1[nH]4)C=C3)C=C2. The lowest BCUT2D eigenvalue weighted by atomic mass is 10.0. The lowest BCUT2D eigenvalue weighted by Gasteiger charge is -2.23. The highest BCUT2D eigenvalue weighted by Gasteiger charge is 2.41. The number of aromatic amines is 2. The standard InChI is InChI=1S/C44H36N6O6/c1-55-43(53)35-21-23-37(51)49(35)41-31-17-13-27(45-31)39(25-9-5-3-6-10-25)29-15-19-33(47-29)42(50-36(44(54)56-2)22-24-38(50)52)34-20-16-30(48-34)40(26-11-7-4-8-12-26)28-14-18-32(41)46-28/h3-20,35-36,45,48H,21-24H2,1-2H3/t35-,36-/m0/s1. The van der Waals surface area contributed by atoms with Gasteiger partial charge in [0.25, 0.3) is 0 Å². The smallest absolute Gasteiger partial charge is 0.328 e. The zero-order valence-electron chi connectivity index (χ0n) is 30.6. The minimum atomic E-state index is -0.837. The number of amides is 2. The van der Waals surface area contributed by atoms with Gasteiger partial charge in [-0.15, -0.1) is 0 Å². The van der Waals surface area contributed by atoms with E-state index in [0.29, 0.717) is 69.1 Å². The van der Waals surface area contributed by atoms with Gasteiger partial charge in [0.1, 0.15) is 12.1 Å². The van der Waals surface area contributed by atoms with E-state index in [1.807, 2.05) is 109 Å². The molecule has 56 heavy (non-hydrogen) atoms. The molecule has 2 aromatic carbocycles. The van der Waals surface area contributed by atoms with Gasteiger partial charge < -0.3 is 19.4 Å². The Morgan fingerprint density at radius 3 is 1.32 bits per heavy atom. The zero-order valence-corrected chi connectivity index (χ0v) is 30.6. The maximum atomic E-state index is 13.8. The number of hydrogen-bond acceptors (Lipinski definition) is 8. The lowest BCUT2D eigenvalue weighted by molar-refractivity contribution is -0.143.